The normalized spacial score (nSPS) is 10.8. The monoisotopic (exact) mass is 340 g/mol. The maximum absolute atomic E-state index is 5.83. The van der Waals surface area contributed by atoms with Gasteiger partial charge < -0.3 is 9.30 Å². The molecule has 0 aliphatic rings. The predicted molar refractivity (Wildman–Crippen MR) is 96.4 cm³/mol. The van der Waals surface area contributed by atoms with Gasteiger partial charge in [0.15, 0.2) is 11.0 Å². The van der Waals surface area contributed by atoms with E-state index in [4.69, 9.17) is 4.74 Å². The van der Waals surface area contributed by atoms with E-state index in [-0.39, 0.29) is 0 Å². The molecule has 0 amide bonds. The lowest BCUT2D eigenvalue weighted by molar-refractivity contribution is 0.343. The molecule has 6 heteroatoms. The minimum atomic E-state index is 0.630. The Morgan fingerprint density at radius 1 is 1.04 bits per heavy atom. The van der Waals surface area contributed by atoms with E-state index in [1.807, 2.05) is 23.7 Å². The summed E-state index contributed by atoms with van der Waals surface area (Å²) in [6.07, 6.45) is 3.52. The first-order chi connectivity index (χ1) is 11.6. The highest BCUT2D eigenvalue weighted by Gasteiger charge is 2.10. The average Bonchev–Trinajstić information content (AvgIpc) is 2.92. The van der Waals surface area contributed by atoms with Gasteiger partial charge in [-0.2, -0.15) is 0 Å². The fourth-order valence-corrected chi connectivity index (χ4v) is 3.23. The Kier molecular flexibility index (Phi) is 5.15. The Labute approximate surface area is 146 Å². The number of hydrogen-bond acceptors (Lipinski definition) is 5. The number of nitrogens with zero attached hydrogens (tertiary/aromatic N) is 4. The van der Waals surface area contributed by atoms with Crippen molar-refractivity contribution in [3.63, 3.8) is 0 Å². The first-order valence-corrected chi connectivity index (χ1v) is 8.76. The third-order valence-corrected chi connectivity index (χ3v) is 4.54. The molecule has 0 N–H and O–H groups in total. The van der Waals surface area contributed by atoms with Crippen LogP contribution in [0.2, 0.25) is 0 Å². The minimum absolute atomic E-state index is 0.630. The zero-order chi connectivity index (χ0) is 16.9. The molecule has 0 atom stereocenters. The van der Waals surface area contributed by atoms with Crippen molar-refractivity contribution >= 4 is 11.8 Å². The maximum atomic E-state index is 5.83. The van der Waals surface area contributed by atoms with Crippen LogP contribution in [0.4, 0.5) is 0 Å². The molecule has 0 unspecified atom stereocenters. The van der Waals surface area contributed by atoms with Gasteiger partial charge in [0.2, 0.25) is 0 Å². The molecule has 2 heterocycles. The van der Waals surface area contributed by atoms with E-state index in [9.17, 15) is 0 Å². The molecule has 0 aliphatic heterocycles. The van der Waals surface area contributed by atoms with Gasteiger partial charge in [0.1, 0.15) is 5.75 Å². The van der Waals surface area contributed by atoms with Crippen molar-refractivity contribution in [2.24, 2.45) is 7.05 Å². The molecule has 0 spiro atoms. The molecular weight excluding hydrogens is 320 g/mol. The zero-order valence-corrected chi connectivity index (χ0v) is 14.9. The van der Waals surface area contributed by atoms with Gasteiger partial charge in [0.25, 0.3) is 0 Å². The number of benzene rings is 1. The van der Waals surface area contributed by atoms with Gasteiger partial charge in [-0.1, -0.05) is 17.8 Å². The number of aryl methyl sites for hydroxylation is 2. The topological polar surface area (TPSA) is 52.8 Å². The van der Waals surface area contributed by atoms with Crippen molar-refractivity contribution in [3.05, 3.63) is 53.9 Å². The summed E-state index contributed by atoms with van der Waals surface area (Å²) >= 11 is 1.64. The summed E-state index contributed by atoms with van der Waals surface area (Å²) in [5.74, 6) is 2.58. The van der Waals surface area contributed by atoms with Crippen LogP contribution in [0.25, 0.3) is 11.4 Å². The van der Waals surface area contributed by atoms with Crippen molar-refractivity contribution in [2.75, 3.05) is 12.4 Å². The molecule has 2 aromatic heterocycles. The van der Waals surface area contributed by atoms with Gasteiger partial charge in [0.05, 0.1) is 6.61 Å². The number of aromatic nitrogens is 4. The lowest BCUT2D eigenvalue weighted by Crippen LogP contribution is -2.02. The van der Waals surface area contributed by atoms with Crippen molar-refractivity contribution in [3.8, 4) is 17.1 Å². The number of thioether (sulfide) groups is 1. The molecule has 1 aromatic carbocycles. The Morgan fingerprint density at radius 3 is 2.46 bits per heavy atom. The molecule has 24 heavy (non-hydrogen) atoms. The molecule has 0 radical (unpaired) electrons. The third-order valence-electron chi connectivity index (χ3n) is 3.55. The van der Waals surface area contributed by atoms with E-state index >= 15 is 0 Å². The Hall–Kier alpha value is -2.34. The van der Waals surface area contributed by atoms with Crippen LogP contribution in [-0.2, 0) is 7.05 Å². The Morgan fingerprint density at radius 2 is 1.75 bits per heavy atom. The first kappa shape index (κ1) is 16.5. The molecule has 124 valence electrons. The quantitative estimate of drug-likeness (QED) is 0.506. The molecule has 0 fully saturated rings. The number of pyridine rings is 1. The second-order valence-electron chi connectivity index (χ2n) is 5.62. The summed E-state index contributed by atoms with van der Waals surface area (Å²) < 4.78 is 7.83. The number of rotatable bonds is 6. The lowest BCUT2D eigenvalue weighted by atomic mass is 10.1. The minimum Gasteiger partial charge on any atom is -0.493 e. The van der Waals surface area contributed by atoms with E-state index in [0.29, 0.717) is 6.61 Å². The summed E-state index contributed by atoms with van der Waals surface area (Å²) in [4.78, 5) is 4.03. The van der Waals surface area contributed by atoms with Crippen LogP contribution in [0.1, 0.15) is 11.1 Å². The van der Waals surface area contributed by atoms with Crippen LogP contribution in [0.5, 0.6) is 5.75 Å². The molecule has 3 rings (SSSR count). The van der Waals surface area contributed by atoms with Gasteiger partial charge in [0, 0.05) is 30.8 Å². The van der Waals surface area contributed by atoms with Crippen LogP contribution >= 0.6 is 11.8 Å². The largest absolute Gasteiger partial charge is 0.493 e. The van der Waals surface area contributed by atoms with E-state index in [0.717, 1.165) is 28.0 Å². The Bertz CT molecular complexity index is 797. The predicted octanol–water partition coefficient (Wildman–Crippen LogP) is 3.67. The highest BCUT2D eigenvalue weighted by molar-refractivity contribution is 7.99. The molecule has 0 aliphatic carbocycles. The van der Waals surface area contributed by atoms with Gasteiger partial charge >= 0.3 is 0 Å². The van der Waals surface area contributed by atoms with Gasteiger partial charge in [-0.25, -0.2) is 0 Å². The molecule has 0 saturated carbocycles. The fraction of sp³-hybridized carbons (Fsp3) is 0.278. The van der Waals surface area contributed by atoms with Crippen LogP contribution in [0, 0.1) is 13.8 Å². The van der Waals surface area contributed by atoms with Gasteiger partial charge in [-0.15, -0.1) is 10.2 Å². The molecule has 3 aromatic rings. The van der Waals surface area contributed by atoms with Gasteiger partial charge in [-0.05, 0) is 49.2 Å². The molecule has 0 saturated heterocycles. The molecule has 5 nitrogen and oxygen atoms in total. The molecular formula is C18H20N4OS. The SMILES string of the molecule is Cc1cc(C)cc(OCCSc2nnc(-c3ccncc3)n2C)c1. The van der Waals surface area contributed by atoms with E-state index < -0.39 is 0 Å². The maximum Gasteiger partial charge on any atom is 0.191 e. The summed E-state index contributed by atoms with van der Waals surface area (Å²) in [7, 11) is 1.98. The lowest BCUT2D eigenvalue weighted by Gasteiger charge is -2.08. The average molecular weight is 340 g/mol. The second kappa shape index (κ2) is 7.49. The summed E-state index contributed by atoms with van der Waals surface area (Å²) in [6, 6.07) is 10.1. The van der Waals surface area contributed by atoms with Crippen LogP contribution < -0.4 is 4.74 Å². The highest BCUT2D eigenvalue weighted by atomic mass is 32.2. The zero-order valence-electron chi connectivity index (χ0n) is 14.1. The molecule has 0 bridgehead atoms. The fourth-order valence-electron chi connectivity index (χ4n) is 2.50. The van der Waals surface area contributed by atoms with E-state index in [1.165, 1.54) is 11.1 Å². The Balaban J connectivity index is 1.57. The van der Waals surface area contributed by atoms with Crippen LogP contribution in [0.3, 0.4) is 0 Å². The highest BCUT2D eigenvalue weighted by Crippen LogP contribution is 2.22. The van der Waals surface area contributed by atoms with Crippen LogP contribution in [0.15, 0.2) is 47.9 Å². The van der Waals surface area contributed by atoms with Gasteiger partial charge in [-0.3, -0.25) is 4.98 Å². The number of ether oxygens (including phenoxy) is 1. The summed E-state index contributed by atoms with van der Waals surface area (Å²) in [5.41, 5.74) is 3.44. The summed E-state index contributed by atoms with van der Waals surface area (Å²) in [5, 5.41) is 9.41. The van der Waals surface area contributed by atoms with Crippen molar-refractivity contribution in [1.29, 1.82) is 0 Å². The van der Waals surface area contributed by atoms with Crippen LogP contribution in [-0.4, -0.2) is 32.1 Å². The summed E-state index contributed by atoms with van der Waals surface area (Å²) in [6.45, 7) is 4.79. The first-order valence-electron chi connectivity index (χ1n) is 7.77. The van der Waals surface area contributed by atoms with Crippen molar-refractivity contribution < 1.29 is 4.74 Å². The van der Waals surface area contributed by atoms with E-state index in [1.54, 1.807) is 24.2 Å². The van der Waals surface area contributed by atoms with E-state index in [2.05, 4.69) is 47.2 Å². The van der Waals surface area contributed by atoms with Crippen molar-refractivity contribution in [1.82, 2.24) is 19.7 Å². The van der Waals surface area contributed by atoms with Crippen molar-refractivity contribution in [2.45, 2.75) is 19.0 Å². The smallest absolute Gasteiger partial charge is 0.191 e. The third kappa shape index (κ3) is 3.94. The number of hydrogen-bond donors (Lipinski definition) is 0. The second-order valence-corrected chi connectivity index (χ2v) is 6.68. The standard InChI is InChI=1S/C18H20N4OS/c1-13-10-14(2)12-16(11-13)23-8-9-24-18-21-20-17(22(18)3)15-4-6-19-7-5-15/h4-7,10-12H,8-9H2,1-3H3.